The number of amides is 1. The summed E-state index contributed by atoms with van der Waals surface area (Å²) in [5.74, 6) is -0.684. The van der Waals surface area contributed by atoms with Crippen LogP contribution in [0.1, 0.15) is 10.4 Å². The summed E-state index contributed by atoms with van der Waals surface area (Å²) >= 11 is 0. The van der Waals surface area contributed by atoms with Gasteiger partial charge in [-0.25, -0.2) is 4.79 Å². The van der Waals surface area contributed by atoms with Gasteiger partial charge in [-0.15, -0.1) is 0 Å². The number of hydrogen-bond donors (Lipinski definition) is 2. The van der Waals surface area contributed by atoms with Gasteiger partial charge in [0.2, 0.25) is 0 Å². The Morgan fingerprint density at radius 1 is 1.19 bits per heavy atom. The molecule has 0 fully saturated rings. The van der Waals surface area contributed by atoms with Crippen molar-refractivity contribution in [3.63, 3.8) is 0 Å². The SMILES string of the molecule is CN(C)CCn1c(=O)oc2ccc(NC(=O)c3ccc4n[nH]nc4c3)cc21. The summed E-state index contributed by atoms with van der Waals surface area (Å²) < 4.78 is 6.83. The van der Waals surface area contributed by atoms with E-state index in [1.54, 1.807) is 41.0 Å². The van der Waals surface area contributed by atoms with Crippen molar-refractivity contribution in [2.45, 2.75) is 6.54 Å². The van der Waals surface area contributed by atoms with Gasteiger partial charge in [0.05, 0.1) is 5.52 Å². The number of anilines is 1. The summed E-state index contributed by atoms with van der Waals surface area (Å²) in [6, 6.07) is 10.2. The van der Waals surface area contributed by atoms with E-state index in [0.29, 0.717) is 46.5 Å². The number of likely N-dealkylation sites (N-methyl/N-ethyl adjacent to an activating group) is 1. The third-order valence-corrected chi connectivity index (χ3v) is 4.27. The Labute approximate surface area is 153 Å². The molecule has 0 saturated heterocycles. The maximum Gasteiger partial charge on any atom is 0.419 e. The van der Waals surface area contributed by atoms with Crippen molar-refractivity contribution in [3.8, 4) is 0 Å². The summed E-state index contributed by atoms with van der Waals surface area (Å²) in [4.78, 5) is 26.6. The topological polar surface area (TPSA) is 109 Å². The fourth-order valence-corrected chi connectivity index (χ4v) is 2.84. The van der Waals surface area contributed by atoms with E-state index in [0.717, 1.165) is 0 Å². The molecule has 0 unspecified atom stereocenters. The second-order valence-electron chi connectivity index (χ2n) is 6.49. The van der Waals surface area contributed by atoms with Gasteiger partial charge in [-0.1, -0.05) is 0 Å². The van der Waals surface area contributed by atoms with Crippen molar-refractivity contribution >= 4 is 33.7 Å². The molecular formula is C18H18N6O3. The molecule has 0 aliphatic rings. The standard InChI is InChI=1S/C18H18N6O3/c1-23(2)7-8-24-15-10-12(4-6-16(15)27-18(24)26)19-17(25)11-3-5-13-14(9-11)21-22-20-13/h3-6,9-10H,7-8H2,1-2H3,(H,19,25)(H,20,21,22). The van der Waals surface area contributed by atoms with E-state index in [9.17, 15) is 9.59 Å². The number of benzene rings is 2. The van der Waals surface area contributed by atoms with E-state index >= 15 is 0 Å². The number of aromatic nitrogens is 4. The maximum absolute atomic E-state index is 12.6. The molecule has 0 atom stereocenters. The summed E-state index contributed by atoms with van der Waals surface area (Å²) in [5.41, 5.74) is 3.48. The van der Waals surface area contributed by atoms with Crippen molar-refractivity contribution in [2.75, 3.05) is 26.0 Å². The molecule has 1 amide bonds. The lowest BCUT2D eigenvalue weighted by Gasteiger charge is -2.10. The minimum absolute atomic E-state index is 0.273. The number of nitrogens with one attached hydrogen (secondary N) is 2. The Kier molecular flexibility index (Phi) is 4.21. The molecule has 0 spiro atoms. The van der Waals surface area contributed by atoms with Crippen LogP contribution in [0.4, 0.5) is 5.69 Å². The van der Waals surface area contributed by atoms with Crippen molar-refractivity contribution in [2.24, 2.45) is 0 Å². The van der Waals surface area contributed by atoms with Gasteiger partial charge in [0, 0.05) is 24.3 Å². The van der Waals surface area contributed by atoms with Gasteiger partial charge in [-0.3, -0.25) is 9.36 Å². The van der Waals surface area contributed by atoms with E-state index in [4.69, 9.17) is 4.42 Å². The Balaban J connectivity index is 1.62. The number of aromatic amines is 1. The molecular weight excluding hydrogens is 348 g/mol. The zero-order chi connectivity index (χ0) is 19.0. The first-order valence-corrected chi connectivity index (χ1v) is 8.41. The van der Waals surface area contributed by atoms with Crippen LogP contribution in [-0.4, -0.2) is 51.4 Å². The third-order valence-electron chi connectivity index (χ3n) is 4.27. The quantitative estimate of drug-likeness (QED) is 0.556. The van der Waals surface area contributed by atoms with E-state index in [1.807, 2.05) is 19.0 Å². The summed E-state index contributed by atoms with van der Waals surface area (Å²) in [6.07, 6.45) is 0. The first-order chi connectivity index (χ1) is 13.0. The Bertz CT molecular complexity index is 1190. The molecule has 2 aromatic carbocycles. The fraction of sp³-hybridized carbons (Fsp3) is 0.222. The normalized spacial score (nSPS) is 11.5. The van der Waals surface area contributed by atoms with E-state index in [2.05, 4.69) is 20.7 Å². The third kappa shape index (κ3) is 3.32. The van der Waals surface area contributed by atoms with E-state index in [-0.39, 0.29) is 5.91 Å². The first kappa shape index (κ1) is 17.0. The van der Waals surface area contributed by atoms with Crippen LogP contribution in [0.3, 0.4) is 0 Å². The minimum atomic E-state index is -0.410. The average Bonchev–Trinajstić information content (AvgIpc) is 3.22. The number of carbonyl (C=O) groups excluding carboxylic acids is 1. The van der Waals surface area contributed by atoms with Gasteiger partial charge in [0.25, 0.3) is 5.91 Å². The molecule has 0 aliphatic carbocycles. The fourth-order valence-electron chi connectivity index (χ4n) is 2.84. The average molecular weight is 366 g/mol. The molecule has 0 bridgehead atoms. The predicted octanol–water partition coefficient (Wildman–Crippen LogP) is 1.68. The number of H-pyrrole nitrogens is 1. The number of rotatable bonds is 5. The first-order valence-electron chi connectivity index (χ1n) is 8.41. The highest BCUT2D eigenvalue weighted by atomic mass is 16.4. The van der Waals surface area contributed by atoms with Crippen LogP contribution in [0.15, 0.2) is 45.6 Å². The lowest BCUT2D eigenvalue weighted by molar-refractivity contribution is 0.102. The predicted molar refractivity (Wildman–Crippen MR) is 101 cm³/mol. The molecule has 9 heteroatoms. The molecule has 27 heavy (non-hydrogen) atoms. The maximum atomic E-state index is 12.6. The monoisotopic (exact) mass is 366 g/mol. The molecule has 2 N–H and O–H groups in total. The Hall–Kier alpha value is -3.46. The lowest BCUT2D eigenvalue weighted by Crippen LogP contribution is -2.23. The molecule has 2 aromatic heterocycles. The number of fused-ring (bicyclic) bond motifs is 2. The Morgan fingerprint density at radius 3 is 2.81 bits per heavy atom. The molecule has 0 saturated carbocycles. The smallest absolute Gasteiger partial charge is 0.408 e. The lowest BCUT2D eigenvalue weighted by atomic mass is 10.2. The largest absolute Gasteiger partial charge is 0.419 e. The van der Waals surface area contributed by atoms with Crippen LogP contribution >= 0.6 is 0 Å². The molecule has 4 aromatic rings. The molecule has 0 radical (unpaired) electrons. The van der Waals surface area contributed by atoms with E-state index < -0.39 is 5.76 Å². The van der Waals surface area contributed by atoms with Crippen molar-refractivity contribution in [1.29, 1.82) is 0 Å². The van der Waals surface area contributed by atoms with Crippen LogP contribution in [0, 0.1) is 0 Å². The van der Waals surface area contributed by atoms with Gasteiger partial charge in [-0.05, 0) is 50.5 Å². The minimum Gasteiger partial charge on any atom is -0.408 e. The highest BCUT2D eigenvalue weighted by molar-refractivity contribution is 6.06. The summed E-state index contributed by atoms with van der Waals surface area (Å²) in [7, 11) is 3.87. The number of carbonyl (C=O) groups is 1. The van der Waals surface area contributed by atoms with Gasteiger partial charge in [0.1, 0.15) is 11.0 Å². The number of nitrogens with zero attached hydrogens (tertiary/aromatic N) is 4. The number of oxazole rings is 1. The van der Waals surface area contributed by atoms with Crippen molar-refractivity contribution in [1.82, 2.24) is 24.9 Å². The van der Waals surface area contributed by atoms with Gasteiger partial charge in [0.15, 0.2) is 5.58 Å². The highest BCUT2D eigenvalue weighted by Gasteiger charge is 2.13. The number of hydrogen-bond acceptors (Lipinski definition) is 6. The summed E-state index contributed by atoms with van der Waals surface area (Å²) in [5, 5.41) is 13.3. The second-order valence-corrected chi connectivity index (χ2v) is 6.49. The van der Waals surface area contributed by atoms with Crippen LogP contribution in [0.25, 0.3) is 22.1 Å². The molecule has 9 nitrogen and oxygen atoms in total. The molecule has 138 valence electrons. The van der Waals surface area contributed by atoms with Gasteiger partial charge >= 0.3 is 5.76 Å². The van der Waals surface area contributed by atoms with Crippen molar-refractivity contribution in [3.05, 3.63) is 52.5 Å². The van der Waals surface area contributed by atoms with Crippen LogP contribution in [-0.2, 0) is 6.54 Å². The molecule has 4 rings (SSSR count). The van der Waals surface area contributed by atoms with Crippen LogP contribution < -0.4 is 11.1 Å². The van der Waals surface area contributed by atoms with Crippen LogP contribution in [0.5, 0.6) is 0 Å². The molecule has 2 heterocycles. The zero-order valence-corrected chi connectivity index (χ0v) is 14.9. The second kappa shape index (κ2) is 6.69. The molecule has 0 aliphatic heterocycles. The zero-order valence-electron chi connectivity index (χ0n) is 14.9. The summed E-state index contributed by atoms with van der Waals surface area (Å²) in [6.45, 7) is 1.20. The van der Waals surface area contributed by atoms with Gasteiger partial charge in [-0.2, -0.15) is 15.4 Å². The van der Waals surface area contributed by atoms with Gasteiger partial charge < -0.3 is 14.6 Å². The Morgan fingerprint density at radius 2 is 2.00 bits per heavy atom. The van der Waals surface area contributed by atoms with Crippen molar-refractivity contribution < 1.29 is 9.21 Å². The van der Waals surface area contributed by atoms with E-state index in [1.165, 1.54) is 0 Å². The highest BCUT2D eigenvalue weighted by Crippen LogP contribution is 2.20. The van der Waals surface area contributed by atoms with Crippen LogP contribution in [0.2, 0.25) is 0 Å².